The van der Waals surface area contributed by atoms with Crippen LogP contribution in [0.4, 0.5) is 10.3 Å². The second-order valence-electron chi connectivity index (χ2n) is 3.01. The van der Waals surface area contributed by atoms with Crippen molar-refractivity contribution in [1.29, 1.82) is 0 Å². The SMILES string of the molecule is CNc1ncc(F)c(-c2ccccc2)n1. The third-order valence-electron chi connectivity index (χ3n) is 2.01. The van der Waals surface area contributed by atoms with Crippen molar-refractivity contribution in [3.05, 3.63) is 42.3 Å². The Bertz CT molecular complexity index is 457. The summed E-state index contributed by atoms with van der Waals surface area (Å²) in [6, 6.07) is 9.18. The van der Waals surface area contributed by atoms with Gasteiger partial charge in [0.25, 0.3) is 0 Å². The van der Waals surface area contributed by atoms with Crippen molar-refractivity contribution in [2.45, 2.75) is 0 Å². The van der Waals surface area contributed by atoms with E-state index in [0.29, 0.717) is 11.6 Å². The van der Waals surface area contributed by atoms with E-state index in [-0.39, 0.29) is 0 Å². The lowest BCUT2D eigenvalue weighted by molar-refractivity contribution is 0.619. The monoisotopic (exact) mass is 203 g/mol. The topological polar surface area (TPSA) is 37.8 Å². The molecule has 0 amide bonds. The second kappa shape index (κ2) is 4.04. The second-order valence-corrected chi connectivity index (χ2v) is 3.01. The molecule has 1 aromatic heterocycles. The molecule has 0 saturated carbocycles. The van der Waals surface area contributed by atoms with Gasteiger partial charge in [0.05, 0.1) is 6.20 Å². The maximum Gasteiger partial charge on any atom is 0.223 e. The van der Waals surface area contributed by atoms with Crippen molar-refractivity contribution in [2.24, 2.45) is 0 Å². The molecule has 0 aliphatic carbocycles. The molecular formula is C11H10FN3. The molecule has 4 heteroatoms. The number of halogens is 1. The van der Waals surface area contributed by atoms with Gasteiger partial charge in [0.1, 0.15) is 5.69 Å². The molecule has 1 heterocycles. The predicted octanol–water partition coefficient (Wildman–Crippen LogP) is 2.32. The van der Waals surface area contributed by atoms with Gasteiger partial charge in [-0.05, 0) is 0 Å². The van der Waals surface area contributed by atoms with Crippen LogP contribution in [0.15, 0.2) is 36.5 Å². The highest BCUT2D eigenvalue weighted by molar-refractivity contribution is 5.60. The first-order chi connectivity index (χ1) is 7.31. The molecule has 1 aromatic carbocycles. The molecule has 0 fully saturated rings. The standard InChI is InChI=1S/C11H10FN3/c1-13-11-14-7-9(12)10(15-11)8-5-3-2-4-6-8/h2-7H,1H3,(H,13,14,15). The molecule has 0 saturated heterocycles. The molecule has 2 rings (SSSR count). The van der Waals surface area contributed by atoms with Crippen LogP contribution in [-0.2, 0) is 0 Å². The Morgan fingerprint density at radius 1 is 1.20 bits per heavy atom. The third kappa shape index (κ3) is 1.93. The Labute approximate surface area is 87.0 Å². The van der Waals surface area contributed by atoms with Crippen LogP contribution in [-0.4, -0.2) is 17.0 Å². The number of hydrogen-bond acceptors (Lipinski definition) is 3. The highest BCUT2D eigenvalue weighted by Gasteiger charge is 2.07. The van der Waals surface area contributed by atoms with Gasteiger partial charge in [-0.2, -0.15) is 0 Å². The molecule has 1 N–H and O–H groups in total. The van der Waals surface area contributed by atoms with E-state index in [1.807, 2.05) is 30.3 Å². The Balaban J connectivity index is 2.52. The highest BCUT2D eigenvalue weighted by atomic mass is 19.1. The Morgan fingerprint density at radius 2 is 1.93 bits per heavy atom. The molecule has 0 aliphatic heterocycles. The van der Waals surface area contributed by atoms with Gasteiger partial charge in [0, 0.05) is 12.6 Å². The quantitative estimate of drug-likeness (QED) is 0.813. The summed E-state index contributed by atoms with van der Waals surface area (Å²) in [4.78, 5) is 7.85. The van der Waals surface area contributed by atoms with E-state index in [1.165, 1.54) is 6.20 Å². The van der Waals surface area contributed by atoms with Crippen LogP contribution in [0.25, 0.3) is 11.3 Å². The minimum Gasteiger partial charge on any atom is -0.357 e. The number of aromatic nitrogens is 2. The molecule has 0 spiro atoms. The normalized spacial score (nSPS) is 10.0. The van der Waals surface area contributed by atoms with E-state index < -0.39 is 5.82 Å². The summed E-state index contributed by atoms with van der Waals surface area (Å²) >= 11 is 0. The van der Waals surface area contributed by atoms with Gasteiger partial charge in [-0.1, -0.05) is 30.3 Å². The van der Waals surface area contributed by atoms with Gasteiger partial charge >= 0.3 is 0 Å². The van der Waals surface area contributed by atoms with E-state index in [2.05, 4.69) is 15.3 Å². The van der Waals surface area contributed by atoms with Crippen LogP contribution >= 0.6 is 0 Å². The third-order valence-corrected chi connectivity index (χ3v) is 2.01. The van der Waals surface area contributed by atoms with Crippen molar-refractivity contribution in [3.8, 4) is 11.3 Å². The summed E-state index contributed by atoms with van der Waals surface area (Å²) < 4.78 is 13.4. The van der Waals surface area contributed by atoms with Crippen LogP contribution in [0.1, 0.15) is 0 Å². The number of anilines is 1. The highest BCUT2D eigenvalue weighted by Crippen LogP contribution is 2.20. The fraction of sp³-hybridized carbons (Fsp3) is 0.0909. The molecule has 3 nitrogen and oxygen atoms in total. The van der Waals surface area contributed by atoms with Crippen LogP contribution in [0.3, 0.4) is 0 Å². The fourth-order valence-electron chi connectivity index (χ4n) is 1.29. The zero-order valence-corrected chi connectivity index (χ0v) is 8.24. The zero-order valence-electron chi connectivity index (χ0n) is 8.24. The average Bonchev–Trinajstić information content (AvgIpc) is 2.31. The summed E-state index contributed by atoms with van der Waals surface area (Å²) in [5.74, 6) is -0.00421. The molecule has 0 bridgehead atoms. The zero-order chi connectivity index (χ0) is 10.7. The summed E-state index contributed by atoms with van der Waals surface area (Å²) in [6.45, 7) is 0. The first kappa shape index (κ1) is 9.58. The summed E-state index contributed by atoms with van der Waals surface area (Å²) in [5, 5.41) is 2.78. The van der Waals surface area contributed by atoms with Gasteiger partial charge in [0.2, 0.25) is 5.95 Å². The van der Waals surface area contributed by atoms with Gasteiger partial charge < -0.3 is 5.32 Å². The van der Waals surface area contributed by atoms with Crippen LogP contribution in [0.2, 0.25) is 0 Å². The summed E-state index contributed by atoms with van der Waals surface area (Å²) in [5.41, 5.74) is 1.06. The van der Waals surface area contributed by atoms with E-state index in [1.54, 1.807) is 7.05 Å². The van der Waals surface area contributed by atoms with E-state index in [4.69, 9.17) is 0 Å². The molecule has 76 valence electrons. The lowest BCUT2D eigenvalue weighted by atomic mass is 10.1. The fourth-order valence-corrected chi connectivity index (χ4v) is 1.29. The smallest absolute Gasteiger partial charge is 0.223 e. The first-order valence-corrected chi connectivity index (χ1v) is 4.57. The molecule has 0 aliphatic rings. The average molecular weight is 203 g/mol. The number of nitrogens with one attached hydrogen (secondary N) is 1. The van der Waals surface area contributed by atoms with Crippen molar-refractivity contribution in [3.63, 3.8) is 0 Å². The van der Waals surface area contributed by atoms with Crippen LogP contribution in [0, 0.1) is 5.82 Å². The number of rotatable bonds is 2. The maximum absolute atomic E-state index is 13.4. The lowest BCUT2D eigenvalue weighted by Crippen LogP contribution is -1.99. The van der Waals surface area contributed by atoms with Crippen molar-refractivity contribution in [1.82, 2.24) is 9.97 Å². The Kier molecular flexibility index (Phi) is 2.58. The molecule has 0 radical (unpaired) electrons. The van der Waals surface area contributed by atoms with E-state index >= 15 is 0 Å². The largest absolute Gasteiger partial charge is 0.357 e. The Hall–Kier alpha value is -1.97. The van der Waals surface area contributed by atoms with Crippen LogP contribution < -0.4 is 5.32 Å². The predicted molar refractivity (Wildman–Crippen MR) is 57.0 cm³/mol. The molecular weight excluding hydrogens is 193 g/mol. The van der Waals surface area contributed by atoms with Crippen molar-refractivity contribution >= 4 is 5.95 Å². The summed E-state index contributed by atoms with van der Waals surface area (Å²) in [7, 11) is 1.70. The van der Waals surface area contributed by atoms with Gasteiger partial charge in [0.15, 0.2) is 5.82 Å². The van der Waals surface area contributed by atoms with E-state index in [9.17, 15) is 4.39 Å². The Morgan fingerprint density at radius 3 is 2.60 bits per heavy atom. The lowest BCUT2D eigenvalue weighted by Gasteiger charge is -2.04. The van der Waals surface area contributed by atoms with Gasteiger partial charge in [-0.15, -0.1) is 0 Å². The van der Waals surface area contributed by atoms with Crippen molar-refractivity contribution < 1.29 is 4.39 Å². The minimum absolute atomic E-state index is 0.315. The van der Waals surface area contributed by atoms with Crippen LogP contribution in [0.5, 0.6) is 0 Å². The van der Waals surface area contributed by atoms with E-state index in [0.717, 1.165) is 5.56 Å². The summed E-state index contributed by atoms with van der Waals surface area (Å²) in [6.07, 6.45) is 1.17. The number of benzene rings is 1. The molecule has 2 aromatic rings. The minimum atomic E-state index is -0.416. The van der Waals surface area contributed by atoms with Crippen molar-refractivity contribution in [2.75, 3.05) is 12.4 Å². The maximum atomic E-state index is 13.4. The molecule has 0 unspecified atom stereocenters. The van der Waals surface area contributed by atoms with Gasteiger partial charge in [-0.25, -0.2) is 14.4 Å². The number of nitrogens with zero attached hydrogens (tertiary/aromatic N) is 2. The first-order valence-electron chi connectivity index (χ1n) is 4.57. The molecule has 15 heavy (non-hydrogen) atoms. The number of hydrogen-bond donors (Lipinski definition) is 1. The van der Waals surface area contributed by atoms with Gasteiger partial charge in [-0.3, -0.25) is 0 Å². The molecule has 0 atom stereocenters.